The van der Waals surface area contributed by atoms with Crippen molar-refractivity contribution in [3.8, 4) is 28.7 Å². The Balaban J connectivity index is 1.15. The number of benzene rings is 5. The average Bonchev–Trinajstić information content (AvgIpc) is 1.76. The van der Waals surface area contributed by atoms with Crippen molar-refractivity contribution in [2.24, 2.45) is 22.9 Å². The smallest absolute Gasteiger partial charge is 0.410 e. The number of rotatable bonds is 31. The predicted molar refractivity (Wildman–Crippen MR) is 308 cm³/mol. The first-order chi connectivity index (χ1) is 39.2. The fourth-order valence-corrected chi connectivity index (χ4v) is 12.3. The van der Waals surface area contributed by atoms with Gasteiger partial charge in [0.05, 0.1) is 29.8 Å². The van der Waals surface area contributed by atoms with Crippen LogP contribution >= 0.6 is 0 Å². The number of non-ortho nitro benzene ring substituents is 1. The number of hydrogen-bond acceptors (Lipinski definition) is 13. The maximum absolute atomic E-state index is 15.4. The number of nitro benzene ring substituents is 1. The number of amides is 1. The normalized spacial score (nSPS) is 21.0. The van der Waals surface area contributed by atoms with Gasteiger partial charge in [-0.2, -0.15) is 0 Å². The molecule has 6 atom stereocenters. The van der Waals surface area contributed by atoms with E-state index in [1.54, 1.807) is 23.1 Å². The number of allylic oxidation sites excluding steroid dienone is 1. The molecule has 1 fully saturated rings. The molecule has 0 aromatic heterocycles. The molecule has 6 unspecified atom stereocenters. The summed E-state index contributed by atoms with van der Waals surface area (Å²) in [7, 11) is 0. The van der Waals surface area contributed by atoms with Crippen LogP contribution in [-0.4, -0.2) is 76.9 Å². The zero-order valence-corrected chi connectivity index (χ0v) is 46.4. The van der Waals surface area contributed by atoms with Gasteiger partial charge in [-0.1, -0.05) is 131 Å². The van der Waals surface area contributed by atoms with Crippen LogP contribution in [0.1, 0.15) is 139 Å². The maximum Gasteiger partial charge on any atom is 0.410 e. The minimum Gasteiger partial charge on any atom is -0.459 e. The van der Waals surface area contributed by atoms with E-state index in [-0.39, 0.29) is 76.2 Å². The van der Waals surface area contributed by atoms with E-state index < -0.39 is 28.8 Å². The summed E-state index contributed by atoms with van der Waals surface area (Å²) < 4.78 is 39.5. The number of aliphatic hydroxyl groups is 2. The number of oxime groups is 1. The third kappa shape index (κ3) is 14.0. The second-order valence-electron chi connectivity index (χ2n) is 21.7. The lowest BCUT2D eigenvalue weighted by atomic mass is 9.55. The Morgan fingerprint density at radius 3 is 2.23 bits per heavy atom. The topological polar surface area (TPSA) is 181 Å². The molecular formula is C65H79N3O12. The first kappa shape index (κ1) is 57.7. The SMILES string of the molecule is C=CCOC12Oc3ccc(Oc4ccc5ccccc5c4)cc3C3C(CCCCO)C(CCCCO)C=C(C(=NOCc4ccc([N+](=O)[O-])cc4)CC1N(Cc1ccc4c(c1)OCO4)C(=O)OCCCCCCCCCCCC)C32. The molecule has 5 aromatic rings. The predicted octanol–water partition coefficient (Wildman–Crippen LogP) is 14.7. The second-order valence-corrected chi connectivity index (χ2v) is 21.7. The first-order valence-electron chi connectivity index (χ1n) is 29.2. The molecule has 0 bridgehead atoms. The van der Waals surface area contributed by atoms with Crippen LogP contribution < -0.4 is 18.9 Å². The first-order valence-corrected chi connectivity index (χ1v) is 29.2. The lowest BCUT2D eigenvalue weighted by molar-refractivity contribution is -0.384. The van der Waals surface area contributed by atoms with Gasteiger partial charge in [0.2, 0.25) is 12.6 Å². The number of aliphatic hydroxyl groups excluding tert-OH is 2. The van der Waals surface area contributed by atoms with Crippen molar-refractivity contribution in [2.45, 2.75) is 147 Å². The molecule has 2 heterocycles. The van der Waals surface area contributed by atoms with E-state index in [0.717, 1.165) is 72.4 Å². The van der Waals surface area contributed by atoms with E-state index in [2.05, 4.69) is 37.8 Å². The van der Waals surface area contributed by atoms with Crippen molar-refractivity contribution in [1.29, 1.82) is 0 Å². The molecule has 15 nitrogen and oxygen atoms in total. The van der Waals surface area contributed by atoms with Crippen LogP contribution in [0.3, 0.4) is 0 Å². The van der Waals surface area contributed by atoms with Gasteiger partial charge in [0.1, 0.15) is 29.9 Å². The summed E-state index contributed by atoms with van der Waals surface area (Å²) in [6, 6.07) is 31.1. The highest BCUT2D eigenvalue weighted by molar-refractivity contribution is 6.03. The van der Waals surface area contributed by atoms with Crippen LogP contribution in [0.4, 0.5) is 10.5 Å². The fourth-order valence-electron chi connectivity index (χ4n) is 12.3. The van der Waals surface area contributed by atoms with E-state index in [1.807, 2.05) is 60.7 Å². The average molecular weight is 1090 g/mol. The molecule has 2 N–H and O–H groups in total. The summed E-state index contributed by atoms with van der Waals surface area (Å²) in [5.41, 5.74) is 3.80. The molecule has 2 aliphatic carbocycles. The van der Waals surface area contributed by atoms with Crippen molar-refractivity contribution in [2.75, 3.05) is 33.2 Å². The van der Waals surface area contributed by atoms with Crippen LogP contribution in [-0.2, 0) is 27.5 Å². The molecule has 5 aromatic carbocycles. The number of nitrogens with zero attached hydrogens (tertiary/aromatic N) is 3. The number of unbranched alkanes of at least 4 members (excludes halogenated alkanes) is 11. The lowest BCUT2D eigenvalue weighted by Gasteiger charge is -2.59. The van der Waals surface area contributed by atoms with Crippen LogP contribution in [0.5, 0.6) is 28.7 Å². The van der Waals surface area contributed by atoms with Gasteiger partial charge in [-0.05, 0) is 126 Å². The standard InChI is InChI=1S/C65H79N3O12/c1-3-5-6-7-8-9-10-11-12-19-37-74-64(71)67(43-47-26-32-59-60(38-47)76-45-75-59)61-42-57(66-78-44-46-24-28-51(29-25-46)68(72)73)55-40-50(22-15-17-34-69)54(23-16-18-35-70)62-56-41-53(79-52-30-27-48-20-13-14-21-49(48)39-52)31-33-58(56)80-65(61,63(55)62)77-36-4-2/h4,13-14,20-21,24-33,38-41,50,54,61-63,69-70H,2-3,5-12,15-19,22-23,34-37,42-45H2,1H3. The molecule has 2 aliphatic heterocycles. The minimum atomic E-state index is -1.56. The van der Waals surface area contributed by atoms with Crippen molar-refractivity contribution in [3.05, 3.63) is 154 Å². The van der Waals surface area contributed by atoms with Crippen molar-refractivity contribution < 1.29 is 53.2 Å². The van der Waals surface area contributed by atoms with Gasteiger partial charge in [0.25, 0.3) is 5.69 Å². The molecule has 0 saturated heterocycles. The number of nitro groups is 1. The zero-order chi connectivity index (χ0) is 55.7. The maximum atomic E-state index is 15.4. The molecule has 0 radical (unpaired) electrons. The summed E-state index contributed by atoms with van der Waals surface area (Å²) in [6.45, 7) is 6.96. The van der Waals surface area contributed by atoms with E-state index in [4.69, 9.17) is 38.4 Å². The third-order valence-corrected chi connectivity index (χ3v) is 16.3. The highest BCUT2D eigenvalue weighted by Gasteiger charge is 2.66. The number of carbonyl (C=O) groups excluding carboxylic acids is 1. The Morgan fingerprint density at radius 1 is 0.787 bits per heavy atom. The molecule has 80 heavy (non-hydrogen) atoms. The van der Waals surface area contributed by atoms with E-state index in [9.17, 15) is 20.3 Å². The van der Waals surface area contributed by atoms with E-state index in [1.165, 1.54) is 50.7 Å². The van der Waals surface area contributed by atoms with Gasteiger partial charge in [-0.3, -0.25) is 15.0 Å². The summed E-state index contributed by atoms with van der Waals surface area (Å²) in [5.74, 6) is 0.543. The van der Waals surface area contributed by atoms with Gasteiger partial charge < -0.3 is 43.5 Å². The summed E-state index contributed by atoms with van der Waals surface area (Å²) in [4.78, 5) is 34.5. The summed E-state index contributed by atoms with van der Waals surface area (Å²) in [5, 5.41) is 39.0. The molecule has 1 saturated carbocycles. The van der Waals surface area contributed by atoms with Crippen LogP contribution in [0, 0.1) is 27.9 Å². The van der Waals surface area contributed by atoms with Crippen molar-refractivity contribution in [3.63, 3.8) is 0 Å². The minimum absolute atomic E-state index is 0.0169. The molecule has 426 valence electrons. The molecule has 4 aliphatic rings. The Bertz CT molecular complexity index is 2930. The summed E-state index contributed by atoms with van der Waals surface area (Å²) in [6.07, 6.45) is 19.2. The van der Waals surface area contributed by atoms with Gasteiger partial charge >= 0.3 is 6.09 Å². The lowest BCUT2D eigenvalue weighted by Crippen LogP contribution is -2.70. The largest absolute Gasteiger partial charge is 0.459 e. The fraction of sp³-hybridized carbons (Fsp3) is 0.477. The molecule has 0 spiro atoms. The number of fused-ring (bicyclic) bond motifs is 4. The molecule has 9 rings (SSSR count). The molecule has 15 heteroatoms. The molecular weight excluding hydrogens is 1010 g/mol. The van der Waals surface area contributed by atoms with Gasteiger partial charge in [-0.15, -0.1) is 6.58 Å². The third-order valence-electron chi connectivity index (χ3n) is 16.3. The van der Waals surface area contributed by atoms with Crippen LogP contribution in [0.25, 0.3) is 10.8 Å². The number of carbonyl (C=O) groups is 1. The Labute approximate surface area is 470 Å². The number of hydrogen-bond donors (Lipinski definition) is 2. The van der Waals surface area contributed by atoms with Crippen molar-refractivity contribution in [1.82, 2.24) is 4.90 Å². The van der Waals surface area contributed by atoms with E-state index >= 15 is 4.79 Å². The molecule has 1 amide bonds. The number of ether oxygens (including phenoxy) is 6. The van der Waals surface area contributed by atoms with Gasteiger partial charge in [0, 0.05) is 49.8 Å². The van der Waals surface area contributed by atoms with Crippen molar-refractivity contribution >= 4 is 28.3 Å². The summed E-state index contributed by atoms with van der Waals surface area (Å²) >= 11 is 0. The van der Waals surface area contributed by atoms with E-state index in [0.29, 0.717) is 59.3 Å². The van der Waals surface area contributed by atoms with Crippen LogP contribution in [0.15, 0.2) is 133 Å². The zero-order valence-electron chi connectivity index (χ0n) is 46.4. The Kier molecular flexibility index (Phi) is 20.5. The monoisotopic (exact) mass is 1090 g/mol. The highest BCUT2D eigenvalue weighted by Crippen LogP contribution is 2.62. The quantitative estimate of drug-likeness (QED) is 0.0186. The van der Waals surface area contributed by atoms with Gasteiger partial charge in [-0.25, -0.2) is 4.79 Å². The van der Waals surface area contributed by atoms with Gasteiger partial charge in [0.15, 0.2) is 11.5 Å². The Hall–Kier alpha value is -6.94. The second kappa shape index (κ2) is 28.5. The Morgan fingerprint density at radius 2 is 1.48 bits per heavy atom. The van der Waals surface area contributed by atoms with Crippen LogP contribution in [0.2, 0.25) is 0 Å². The highest BCUT2D eigenvalue weighted by atomic mass is 16.7.